The molecule has 146 valence electrons. The molecule has 0 fully saturated rings. The Morgan fingerprint density at radius 3 is 2.78 bits per heavy atom. The fourth-order valence-corrected chi connectivity index (χ4v) is 2.52. The minimum Gasteiger partial charge on any atom is -0.534 e. The van der Waals surface area contributed by atoms with Crippen LogP contribution in [0.25, 0.3) is 0 Å². The molecule has 0 bridgehead atoms. The monoisotopic (exact) mass is 379 g/mol. The summed E-state index contributed by atoms with van der Waals surface area (Å²) in [7, 11) is -1.31. The lowest BCUT2D eigenvalue weighted by atomic mass is 9.72. The minimum atomic E-state index is -1.31. The average Bonchev–Trinajstić information content (AvgIpc) is 2.61. The normalized spacial score (nSPS) is 15.2. The van der Waals surface area contributed by atoms with E-state index >= 15 is 0 Å². The minimum absolute atomic E-state index is 0.0794. The van der Waals surface area contributed by atoms with E-state index in [-0.39, 0.29) is 30.2 Å². The first-order valence-electron chi connectivity index (χ1n) is 8.62. The standard InChI is InChI=1S/C17H22BNO8/c1-3-4-8-24-17(22)26-10-25-16(21)13-7-5-6-12-9-14(19-11(2)20)18(23)27-15(12)13/h5-7,14,23H,3-4,8-10H2,1-2H3,(H,19,20). The lowest BCUT2D eigenvalue weighted by Gasteiger charge is -2.28. The van der Waals surface area contributed by atoms with Crippen LogP contribution in [0.15, 0.2) is 18.2 Å². The number of hydrogen-bond donors (Lipinski definition) is 2. The Morgan fingerprint density at radius 2 is 2.07 bits per heavy atom. The summed E-state index contributed by atoms with van der Waals surface area (Å²) < 4.78 is 19.7. The van der Waals surface area contributed by atoms with Crippen molar-refractivity contribution in [1.29, 1.82) is 0 Å². The summed E-state index contributed by atoms with van der Waals surface area (Å²) in [6.07, 6.45) is 0.952. The van der Waals surface area contributed by atoms with Gasteiger partial charge in [-0.05, 0) is 24.5 Å². The van der Waals surface area contributed by atoms with Crippen molar-refractivity contribution < 1.29 is 38.3 Å². The van der Waals surface area contributed by atoms with Crippen molar-refractivity contribution in [3.05, 3.63) is 29.3 Å². The van der Waals surface area contributed by atoms with Crippen LogP contribution in [0.2, 0.25) is 0 Å². The molecule has 1 aliphatic heterocycles. The SMILES string of the molecule is CCCCOC(=O)OCOC(=O)c1cccc2c1OB(O)C(NC(C)=O)C2. The molecule has 2 rings (SSSR count). The Morgan fingerprint density at radius 1 is 1.30 bits per heavy atom. The molecule has 0 saturated carbocycles. The molecule has 0 saturated heterocycles. The van der Waals surface area contributed by atoms with Crippen molar-refractivity contribution in [1.82, 2.24) is 5.32 Å². The highest BCUT2D eigenvalue weighted by Gasteiger charge is 2.37. The van der Waals surface area contributed by atoms with E-state index in [4.69, 9.17) is 14.1 Å². The van der Waals surface area contributed by atoms with Crippen LogP contribution in [0.3, 0.4) is 0 Å². The van der Waals surface area contributed by atoms with E-state index in [9.17, 15) is 19.4 Å². The van der Waals surface area contributed by atoms with Crippen molar-refractivity contribution >= 4 is 25.2 Å². The van der Waals surface area contributed by atoms with Crippen LogP contribution in [-0.4, -0.2) is 49.5 Å². The van der Waals surface area contributed by atoms with E-state index in [1.165, 1.54) is 13.0 Å². The highest BCUT2D eigenvalue weighted by atomic mass is 16.8. The third-order valence-corrected chi connectivity index (χ3v) is 3.81. The summed E-state index contributed by atoms with van der Waals surface area (Å²) >= 11 is 0. The molecular weight excluding hydrogens is 357 g/mol. The molecule has 2 N–H and O–H groups in total. The van der Waals surface area contributed by atoms with E-state index in [1.54, 1.807) is 12.1 Å². The molecule has 27 heavy (non-hydrogen) atoms. The van der Waals surface area contributed by atoms with E-state index < -0.39 is 32.0 Å². The smallest absolute Gasteiger partial charge is 0.534 e. The van der Waals surface area contributed by atoms with Gasteiger partial charge < -0.3 is 29.2 Å². The number of rotatable bonds is 7. The van der Waals surface area contributed by atoms with Crippen LogP contribution in [0.4, 0.5) is 4.79 Å². The quantitative estimate of drug-likeness (QED) is 0.314. The van der Waals surface area contributed by atoms with Crippen LogP contribution in [-0.2, 0) is 25.4 Å². The average molecular weight is 379 g/mol. The second-order valence-corrected chi connectivity index (χ2v) is 5.96. The van der Waals surface area contributed by atoms with Crippen molar-refractivity contribution in [2.45, 2.75) is 39.1 Å². The topological polar surface area (TPSA) is 120 Å². The number of carbonyl (C=O) groups excluding carboxylic acids is 3. The molecule has 0 aromatic heterocycles. The number of ether oxygens (including phenoxy) is 3. The Balaban J connectivity index is 1.95. The molecule has 1 aromatic rings. The lowest BCUT2D eigenvalue weighted by Crippen LogP contribution is -2.52. The summed E-state index contributed by atoms with van der Waals surface area (Å²) in [5.74, 6) is -1.53. The summed E-state index contributed by atoms with van der Waals surface area (Å²) in [5, 5.41) is 12.6. The van der Waals surface area contributed by atoms with Crippen LogP contribution < -0.4 is 9.97 Å². The summed E-state index contributed by atoms with van der Waals surface area (Å²) in [6, 6.07) is 4.81. The molecule has 1 aromatic carbocycles. The zero-order chi connectivity index (χ0) is 19.8. The van der Waals surface area contributed by atoms with E-state index in [1.807, 2.05) is 6.92 Å². The molecule has 0 aliphatic carbocycles. The number of unbranched alkanes of at least 4 members (excludes halogenated alkanes) is 1. The van der Waals surface area contributed by atoms with Gasteiger partial charge in [-0.15, -0.1) is 0 Å². The van der Waals surface area contributed by atoms with Gasteiger partial charge in [-0.2, -0.15) is 0 Å². The number of esters is 1. The van der Waals surface area contributed by atoms with Gasteiger partial charge >= 0.3 is 19.2 Å². The second-order valence-electron chi connectivity index (χ2n) is 5.96. The van der Waals surface area contributed by atoms with Gasteiger partial charge in [-0.1, -0.05) is 25.5 Å². The van der Waals surface area contributed by atoms with Gasteiger partial charge in [0, 0.05) is 6.92 Å². The lowest BCUT2D eigenvalue weighted by molar-refractivity contribution is -0.119. The summed E-state index contributed by atoms with van der Waals surface area (Å²) in [6.45, 7) is 2.92. The van der Waals surface area contributed by atoms with Crippen LogP contribution in [0.1, 0.15) is 42.6 Å². The first-order valence-corrected chi connectivity index (χ1v) is 8.62. The number of benzene rings is 1. The van der Waals surface area contributed by atoms with Gasteiger partial charge in [0.15, 0.2) is 0 Å². The first kappa shape index (κ1) is 20.6. The number of hydrogen-bond acceptors (Lipinski definition) is 8. The second kappa shape index (κ2) is 9.82. The number of carbonyl (C=O) groups is 3. The molecule has 9 nitrogen and oxygen atoms in total. The highest BCUT2D eigenvalue weighted by molar-refractivity contribution is 6.47. The van der Waals surface area contributed by atoms with Gasteiger partial charge in [0.25, 0.3) is 0 Å². The molecule has 1 atom stereocenters. The highest BCUT2D eigenvalue weighted by Crippen LogP contribution is 2.30. The predicted octanol–water partition coefficient (Wildman–Crippen LogP) is 1.21. The Hall–Kier alpha value is -2.75. The maximum atomic E-state index is 12.2. The van der Waals surface area contributed by atoms with Gasteiger partial charge in [-0.3, -0.25) is 4.79 Å². The zero-order valence-corrected chi connectivity index (χ0v) is 15.2. The number of para-hydroxylation sites is 1. The maximum Gasteiger partial charge on any atom is 0.547 e. The van der Waals surface area contributed by atoms with Gasteiger partial charge in [0.1, 0.15) is 11.3 Å². The van der Waals surface area contributed by atoms with Gasteiger partial charge in [0.2, 0.25) is 12.7 Å². The van der Waals surface area contributed by atoms with E-state index in [0.29, 0.717) is 12.0 Å². The Kier molecular flexibility index (Phi) is 7.48. The first-order chi connectivity index (χ1) is 12.9. The molecule has 1 heterocycles. The maximum absolute atomic E-state index is 12.2. The molecule has 1 unspecified atom stereocenters. The van der Waals surface area contributed by atoms with Gasteiger partial charge in [-0.25, -0.2) is 9.59 Å². The molecule has 1 aliphatic rings. The fourth-order valence-electron chi connectivity index (χ4n) is 2.52. The van der Waals surface area contributed by atoms with Crippen molar-refractivity contribution in [3.8, 4) is 5.75 Å². The van der Waals surface area contributed by atoms with Crippen molar-refractivity contribution in [2.75, 3.05) is 13.4 Å². The number of amides is 1. The predicted molar refractivity (Wildman–Crippen MR) is 94.0 cm³/mol. The number of nitrogens with one attached hydrogen (secondary N) is 1. The molecule has 1 amide bonds. The van der Waals surface area contributed by atoms with Crippen molar-refractivity contribution in [3.63, 3.8) is 0 Å². The fraction of sp³-hybridized carbons (Fsp3) is 0.471. The zero-order valence-electron chi connectivity index (χ0n) is 15.2. The van der Waals surface area contributed by atoms with Gasteiger partial charge in [0.05, 0.1) is 12.5 Å². The van der Waals surface area contributed by atoms with E-state index in [0.717, 1.165) is 6.42 Å². The Labute approximate surface area is 157 Å². The largest absolute Gasteiger partial charge is 0.547 e. The van der Waals surface area contributed by atoms with Crippen LogP contribution in [0.5, 0.6) is 5.75 Å². The van der Waals surface area contributed by atoms with Crippen molar-refractivity contribution in [2.24, 2.45) is 0 Å². The third-order valence-electron chi connectivity index (χ3n) is 3.81. The summed E-state index contributed by atoms with van der Waals surface area (Å²) in [5.41, 5.74) is 0.712. The van der Waals surface area contributed by atoms with Crippen LogP contribution >= 0.6 is 0 Å². The number of fused-ring (bicyclic) bond motifs is 1. The third kappa shape index (κ3) is 5.88. The Bertz CT molecular complexity index is 696. The molecule has 0 radical (unpaired) electrons. The van der Waals surface area contributed by atoms with Crippen LogP contribution in [0, 0.1) is 0 Å². The molecule has 0 spiro atoms. The summed E-state index contributed by atoms with van der Waals surface area (Å²) in [4.78, 5) is 34.7. The molecule has 10 heteroatoms. The van der Waals surface area contributed by atoms with E-state index in [2.05, 4.69) is 10.1 Å². The molecular formula is C17H22BNO8.